The summed E-state index contributed by atoms with van der Waals surface area (Å²) in [6.45, 7) is 4.12. The van der Waals surface area contributed by atoms with E-state index < -0.39 is 0 Å². The largest absolute Gasteiger partial charge is 0.356 e. The molecule has 1 heterocycles. The molecule has 1 aromatic heterocycles. The van der Waals surface area contributed by atoms with Crippen molar-refractivity contribution in [2.45, 2.75) is 32.7 Å². The molecule has 1 aliphatic rings. The topological polar surface area (TPSA) is 36.4 Å². The average molecular weight is 379 g/mol. The van der Waals surface area contributed by atoms with E-state index >= 15 is 0 Å². The van der Waals surface area contributed by atoms with Crippen molar-refractivity contribution in [3.05, 3.63) is 21.9 Å². The molecule has 0 radical (unpaired) electrons. The van der Waals surface area contributed by atoms with Crippen LogP contribution in [-0.4, -0.2) is 19.6 Å². The van der Waals surface area contributed by atoms with Gasteiger partial charge in [0.25, 0.3) is 0 Å². The minimum absolute atomic E-state index is 0. The van der Waals surface area contributed by atoms with Crippen molar-refractivity contribution in [2.24, 2.45) is 10.9 Å². The lowest BCUT2D eigenvalue weighted by atomic mass is 10.3. The van der Waals surface area contributed by atoms with Crippen LogP contribution in [0.5, 0.6) is 0 Å². The molecule has 0 saturated heterocycles. The number of nitrogens with one attached hydrogen (secondary N) is 2. The minimum Gasteiger partial charge on any atom is -0.356 e. The van der Waals surface area contributed by atoms with Crippen LogP contribution in [0.4, 0.5) is 0 Å². The van der Waals surface area contributed by atoms with Gasteiger partial charge in [0.15, 0.2) is 5.96 Å². The number of hydrogen-bond acceptors (Lipinski definition) is 2. The van der Waals surface area contributed by atoms with E-state index in [4.69, 9.17) is 0 Å². The molecular formula is C13H22IN3S. The number of thiophene rings is 1. The summed E-state index contributed by atoms with van der Waals surface area (Å²) < 4.78 is 0. The molecule has 0 amide bonds. The van der Waals surface area contributed by atoms with E-state index in [1.165, 1.54) is 22.6 Å². The van der Waals surface area contributed by atoms with Gasteiger partial charge in [0.1, 0.15) is 0 Å². The Morgan fingerprint density at radius 1 is 1.33 bits per heavy atom. The maximum atomic E-state index is 4.23. The summed E-state index contributed by atoms with van der Waals surface area (Å²) in [5, 5.41) is 6.72. The fraction of sp³-hybridized carbons (Fsp3) is 0.615. The second kappa shape index (κ2) is 7.99. The zero-order chi connectivity index (χ0) is 12.1. The zero-order valence-electron chi connectivity index (χ0n) is 11.0. The first kappa shape index (κ1) is 15.8. The van der Waals surface area contributed by atoms with E-state index in [9.17, 15) is 0 Å². The van der Waals surface area contributed by atoms with Crippen LogP contribution in [0, 0.1) is 5.92 Å². The zero-order valence-corrected chi connectivity index (χ0v) is 14.2. The van der Waals surface area contributed by atoms with Gasteiger partial charge in [-0.2, -0.15) is 0 Å². The second-order valence-corrected chi connectivity index (χ2v) is 5.72. The molecule has 0 atom stereocenters. The molecule has 1 saturated carbocycles. The van der Waals surface area contributed by atoms with Crippen LogP contribution >= 0.6 is 35.3 Å². The minimum atomic E-state index is 0. The van der Waals surface area contributed by atoms with Gasteiger partial charge in [-0.3, -0.25) is 4.99 Å². The molecule has 18 heavy (non-hydrogen) atoms. The van der Waals surface area contributed by atoms with Crippen LogP contribution in [0.25, 0.3) is 0 Å². The summed E-state index contributed by atoms with van der Waals surface area (Å²) in [7, 11) is 1.83. The first-order valence-corrected chi connectivity index (χ1v) is 7.15. The first-order chi connectivity index (χ1) is 8.31. The van der Waals surface area contributed by atoms with E-state index in [1.54, 1.807) is 0 Å². The lowest BCUT2D eigenvalue weighted by Gasteiger charge is -2.10. The molecule has 1 fully saturated rings. The molecule has 1 aliphatic carbocycles. The predicted molar refractivity (Wildman–Crippen MR) is 90.0 cm³/mol. The standard InChI is InChI=1S/C13H21N3S.HI/c1-3-11-6-7-12(17-11)9-16-13(14-2)15-8-10-4-5-10;/h6-7,10H,3-5,8-9H2,1-2H3,(H2,14,15,16);1H. The molecule has 0 spiro atoms. The number of guanidine groups is 1. The third-order valence-electron chi connectivity index (χ3n) is 2.97. The molecule has 2 N–H and O–H groups in total. The molecule has 1 aromatic rings. The second-order valence-electron chi connectivity index (χ2n) is 4.47. The van der Waals surface area contributed by atoms with Gasteiger partial charge in [0.2, 0.25) is 0 Å². The van der Waals surface area contributed by atoms with Gasteiger partial charge >= 0.3 is 0 Å². The molecular weight excluding hydrogens is 357 g/mol. The number of halogens is 1. The van der Waals surface area contributed by atoms with Gasteiger partial charge in [0.05, 0.1) is 6.54 Å². The molecule has 0 unspecified atom stereocenters. The monoisotopic (exact) mass is 379 g/mol. The summed E-state index contributed by atoms with van der Waals surface area (Å²) in [5.41, 5.74) is 0. The maximum Gasteiger partial charge on any atom is 0.191 e. The van der Waals surface area contributed by atoms with Crippen molar-refractivity contribution >= 4 is 41.3 Å². The Balaban J connectivity index is 0.00000162. The number of nitrogens with zero attached hydrogens (tertiary/aromatic N) is 1. The summed E-state index contributed by atoms with van der Waals surface area (Å²) in [6, 6.07) is 4.41. The van der Waals surface area contributed by atoms with Crippen LogP contribution in [-0.2, 0) is 13.0 Å². The SMILES string of the molecule is CCc1ccc(CNC(=NC)NCC2CC2)s1.I. The number of hydrogen-bond donors (Lipinski definition) is 2. The van der Waals surface area contributed by atoms with Gasteiger partial charge in [-0.05, 0) is 37.3 Å². The third-order valence-corrected chi connectivity index (χ3v) is 4.20. The fourth-order valence-corrected chi connectivity index (χ4v) is 2.56. The highest BCUT2D eigenvalue weighted by Gasteiger charge is 2.20. The summed E-state index contributed by atoms with van der Waals surface area (Å²) in [4.78, 5) is 7.05. The molecule has 102 valence electrons. The smallest absolute Gasteiger partial charge is 0.191 e. The van der Waals surface area contributed by atoms with Gasteiger partial charge in [0, 0.05) is 23.3 Å². The Bertz CT molecular complexity index is 385. The predicted octanol–water partition coefficient (Wildman–Crippen LogP) is 3.00. The maximum absolute atomic E-state index is 4.23. The van der Waals surface area contributed by atoms with E-state index in [0.717, 1.165) is 31.4 Å². The fourth-order valence-electron chi connectivity index (χ4n) is 1.66. The Labute approximate surface area is 130 Å². The van der Waals surface area contributed by atoms with Crippen molar-refractivity contribution in [1.29, 1.82) is 0 Å². The van der Waals surface area contributed by atoms with Gasteiger partial charge in [-0.1, -0.05) is 6.92 Å². The number of rotatable bonds is 5. The highest BCUT2D eigenvalue weighted by molar-refractivity contribution is 14.0. The lowest BCUT2D eigenvalue weighted by molar-refractivity contribution is 0.739. The number of aliphatic imine (C=N–C) groups is 1. The summed E-state index contributed by atoms with van der Waals surface area (Å²) in [5.74, 6) is 1.80. The van der Waals surface area contributed by atoms with E-state index in [2.05, 4.69) is 34.7 Å². The Hall–Kier alpha value is -0.300. The van der Waals surface area contributed by atoms with Crippen LogP contribution in [0.3, 0.4) is 0 Å². The van der Waals surface area contributed by atoms with Crippen LogP contribution in [0.15, 0.2) is 17.1 Å². The molecule has 0 bridgehead atoms. The molecule has 3 nitrogen and oxygen atoms in total. The lowest BCUT2D eigenvalue weighted by Crippen LogP contribution is -2.37. The van der Waals surface area contributed by atoms with Crippen LogP contribution < -0.4 is 10.6 Å². The third kappa shape index (κ3) is 5.14. The van der Waals surface area contributed by atoms with Crippen molar-refractivity contribution in [2.75, 3.05) is 13.6 Å². The van der Waals surface area contributed by atoms with Crippen LogP contribution in [0.2, 0.25) is 0 Å². The number of aryl methyl sites for hydroxylation is 1. The Kier molecular flexibility index (Phi) is 6.99. The van der Waals surface area contributed by atoms with Crippen molar-refractivity contribution in [3.63, 3.8) is 0 Å². The van der Waals surface area contributed by atoms with Crippen molar-refractivity contribution < 1.29 is 0 Å². The normalized spacial score (nSPS) is 15.1. The molecule has 5 heteroatoms. The van der Waals surface area contributed by atoms with E-state index in [0.29, 0.717) is 0 Å². The first-order valence-electron chi connectivity index (χ1n) is 6.34. The Morgan fingerprint density at radius 3 is 2.61 bits per heavy atom. The summed E-state index contributed by atoms with van der Waals surface area (Å²) >= 11 is 1.88. The van der Waals surface area contributed by atoms with Crippen LogP contribution in [0.1, 0.15) is 29.5 Å². The van der Waals surface area contributed by atoms with E-state index in [-0.39, 0.29) is 24.0 Å². The highest BCUT2D eigenvalue weighted by atomic mass is 127. The van der Waals surface area contributed by atoms with Crippen molar-refractivity contribution in [1.82, 2.24) is 10.6 Å². The Morgan fingerprint density at radius 2 is 2.06 bits per heavy atom. The molecule has 2 rings (SSSR count). The van der Waals surface area contributed by atoms with Gasteiger partial charge < -0.3 is 10.6 Å². The van der Waals surface area contributed by atoms with Gasteiger partial charge in [-0.25, -0.2) is 0 Å². The summed E-state index contributed by atoms with van der Waals surface area (Å²) in [6.07, 6.45) is 3.86. The average Bonchev–Trinajstić information content (AvgIpc) is 3.07. The van der Waals surface area contributed by atoms with Crippen molar-refractivity contribution in [3.8, 4) is 0 Å². The highest BCUT2D eigenvalue weighted by Crippen LogP contribution is 2.27. The van der Waals surface area contributed by atoms with Gasteiger partial charge in [-0.15, -0.1) is 35.3 Å². The quantitative estimate of drug-likeness (QED) is 0.469. The molecule has 0 aliphatic heterocycles. The molecule has 0 aromatic carbocycles. The van der Waals surface area contributed by atoms with E-state index in [1.807, 2.05) is 18.4 Å².